The van der Waals surface area contributed by atoms with Crippen LogP contribution in [0, 0.1) is 12.8 Å². The first-order chi connectivity index (χ1) is 8.61. The van der Waals surface area contributed by atoms with Crippen LogP contribution in [0.2, 0.25) is 0 Å². The van der Waals surface area contributed by atoms with E-state index in [2.05, 4.69) is 29.5 Å². The third kappa shape index (κ3) is 6.47. The molecule has 0 aliphatic heterocycles. The maximum atomic E-state index is 5.66. The highest BCUT2D eigenvalue weighted by molar-refractivity contribution is 7.09. The van der Waals surface area contributed by atoms with Gasteiger partial charge < -0.3 is 10.1 Å². The van der Waals surface area contributed by atoms with Crippen LogP contribution in [0.15, 0.2) is 5.38 Å². The van der Waals surface area contributed by atoms with E-state index >= 15 is 0 Å². The van der Waals surface area contributed by atoms with Gasteiger partial charge in [-0.05, 0) is 32.7 Å². The maximum absolute atomic E-state index is 5.66. The summed E-state index contributed by atoms with van der Waals surface area (Å²) < 4.78 is 5.66. The van der Waals surface area contributed by atoms with Crippen molar-refractivity contribution in [1.29, 1.82) is 0 Å². The molecule has 1 unspecified atom stereocenters. The number of nitrogens with one attached hydrogen (secondary N) is 1. The third-order valence-corrected chi connectivity index (χ3v) is 3.94. The van der Waals surface area contributed by atoms with Crippen LogP contribution in [-0.4, -0.2) is 31.3 Å². The number of ether oxygens (including phenoxy) is 1. The Kier molecular flexibility index (Phi) is 7.47. The highest BCUT2D eigenvalue weighted by Crippen LogP contribution is 2.12. The quantitative estimate of drug-likeness (QED) is 0.700. The van der Waals surface area contributed by atoms with E-state index in [0.29, 0.717) is 6.04 Å². The van der Waals surface area contributed by atoms with E-state index in [1.807, 2.05) is 14.0 Å². The zero-order chi connectivity index (χ0) is 13.4. The number of rotatable bonds is 9. The molecule has 1 aromatic rings. The summed E-state index contributed by atoms with van der Waals surface area (Å²) in [5.74, 6) is 0.725. The summed E-state index contributed by atoms with van der Waals surface area (Å²) in [6, 6.07) is 0.467. The average molecular weight is 270 g/mol. The van der Waals surface area contributed by atoms with E-state index in [0.717, 1.165) is 44.1 Å². The lowest BCUT2D eigenvalue weighted by Gasteiger charge is -2.15. The van der Waals surface area contributed by atoms with E-state index in [4.69, 9.17) is 4.74 Å². The van der Waals surface area contributed by atoms with Gasteiger partial charge >= 0.3 is 0 Å². The minimum absolute atomic E-state index is 0.467. The van der Waals surface area contributed by atoms with Gasteiger partial charge in [0.25, 0.3) is 0 Å². The minimum Gasteiger partial charge on any atom is -0.381 e. The first-order valence-electron chi connectivity index (χ1n) is 6.77. The monoisotopic (exact) mass is 270 g/mol. The molecule has 0 bridgehead atoms. The predicted molar refractivity (Wildman–Crippen MR) is 78.3 cm³/mol. The second kappa shape index (κ2) is 8.62. The normalized spacial score (nSPS) is 13.2. The van der Waals surface area contributed by atoms with Gasteiger partial charge in [0.1, 0.15) is 0 Å². The number of thiazole rings is 1. The number of hydrogen-bond acceptors (Lipinski definition) is 4. The van der Waals surface area contributed by atoms with Crippen LogP contribution >= 0.6 is 11.3 Å². The Morgan fingerprint density at radius 3 is 2.61 bits per heavy atom. The van der Waals surface area contributed by atoms with Gasteiger partial charge in [0, 0.05) is 36.8 Å². The summed E-state index contributed by atoms with van der Waals surface area (Å²) in [6.45, 7) is 8.21. The van der Waals surface area contributed by atoms with Crippen LogP contribution in [0.5, 0.6) is 0 Å². The van der Waals surface area contributed by atoms with Gasteiger partial charge in [0.05, 0.1) is 5.01 Å². The molecule has 0 amide bonds. The van der Waals surface area contributed by atoms with Crippen molar-refractivity contribution in [3.63, 3.8) is 0 Å². The Labute approximate surface area is 115 Å². The van der Waals surface area contributed by atoms with Gasteiger partial charge in [-0.1, -0.05) is 13.8 Å². The second-order valence-corrected chi connectivity index (χ2v) is 6.10. The fourth-order valence-corrected chi connectivity index (χ4v) is 2.56. The minimum atomic E-state index is 0.467. The van der Waals surface area contributed by atoms with Crippen LogP contribution in [0.4, 0.5) is 0 Å². The molecule has 1 N–H and O–H groups in total. The molecule has 1 aromatic heterocycles. The first-order valence-corrected chi connectivity index (χ1v) is 7.65. The van der Waals surface area contributed by atoms with Gasteiger partial charge in [-0.3, -0.25) is 0 Å². The van der Waals surface area contributed by atoms with E-state index in [1.165, 1.54) is 5.01 Å². The van der Waals surface area contributed by atoms with Crippen molar-refractivity contribution in [2.45, 2.75) is 46.1 Å². The van der Waals surface area contributed by atoms with Crippen LogP contribution in [-0.2, 0) is 11.2 Å². The zero-order valence-corrected chi connectivity index (χ0v) is 12.8. The average Bonchev–Trinajstić information content (AvgIpc) is 2.72. The molecule has 1 heterocycles. The van der Waals surface area contributed by atoms with Gasteiger partial charge in [-0.2, -0.15) is 0 Å². The molecule has 0 saturated heterocycles. The van der Waals surface area contributed by atoms with Crippen LogP contribution < -0.4 is 5.32 Å². The number of hydrogen-bond donors (Lipinski definition) is 1. The summed E-state index contributed by atoms with van der Waals surface area (Å²) in [6.07, 6.45) is 3.20. The molecular formula is C14H26N2OS. The molecule has 0 aromatic carbocycles. The molecule has 0 spiro atoms. The standard InChI is InChI=1S/C14H26N2OS/c1-11(2)5-7-17-8-6-13(15-4)9-14-16-12(3)10-18-14/h10-11,13,15H,5-9H2,1-4H3. The van der Waals surface area contributed by atoms with Crippen LogP contribution in [0.25, 0.3) is 0 Å². The van der Waals surface area contributed by atoms with E-state index < -0.39 is 0 Å². The lowest BCUT2D eigenvalue weighted by atomic mass is 10.1. The maximum Gasteiger partial charge on any atom is 0.0943 e. The summed E-state index contributed by atoms with van der Waals surface area (Å²) in [5.41, 5.74) is 1.12. The van der Waals surface area contributed by atoms with Crippen LogP contribution in [0.1, 0.15) is 37.4 Å². The molecule has 18 heavy (non-hydrogen) atoms. The molecule has 4 heteroatoms. The Bertz CT molecular complexity index is 325. The number of nitrogens with zero attached hydrogens (tertiary/aromatic N) is 1. The molecule has 1 atom stereocenters. The largest absolute Gasteiger partial charge is 0.381 e. The highest BCUT2D eigenvalue weighted by Gasteiger charge is 2.09. The van der Waals surface area contributed by atoms with Crippen molar-refractivity contribution in [2.75, 3.05) is 20.3 Å². The third-order valence-electron chi connectivity index (χ3n) is 2.95. The lowest BCUT2D eigenvalue weighted by molar-refractivity contribution is 0.115. The molecule has 0 fully saturated rings. The Morgan fingerprint density at radius 1 is 1.33 bits per heavy atom. The highest BCUT2D eigenvalue weighted by atomic mass is 32.1. The van der Waals surface area contributed by atoms with Gasteiger partial charge in [0.15, 0.2) is 0 Å². The second-order valence-electron chi connectivity index (χ2n) is 5.16. The van der Waals surface area contributed by atoms with Gasteiger partial charge in [-0.15, -0.1) is 11.3 Å². The fourth-order valence-electron chi connectivity index (χ4n) is 1.70. The lowest BCUT2D eigenvalue weighted by Crippen LogP contribution is -2.29. The van der Waals surface area contributed by atoms with E-state index in [1.54, 1.807) is 11.3 Å². The van der Waals surface area contributed by atoms with E-state index in [-0.39, 0.29) is 0 Å². The molecule has 0 radical (unpaired) electrons. The Morgan fingerprint density at radius 2 is 2.06 bits per heavy atom. The summed E-state index contributed by atoms with van der Waals surface area (Å²) in [5, 5.41) is 6.68. The van der Waals surface area contributed by atoms with Crippen molar-refractivity contribution in [2.24, 2.45) is 5.92 Å². The first kappa shape index (κ1) is 15.6. The van der Waals surface area contributed by atoms with Crippen molar-refractivity contribution >= 4 is 11.3 Å². The fraction of sp³-hybridized carbons (Fsp3) is 0.786. The van der Waals surface area contributed by atoms with Crippen molar-refractivity contribution < 1.29 is 4.74 Å². The molecule has 0 aliphatic rings. The number of aromatic nitrogens is 1. The molecule has 3 nitrogen and oxygen atoms in total. The van der Waals surface area contributed by atoms with Crippen LogP contribution in [0.3, 0.4) is 0 Å². The number of aryl methyl sites for hydroxylation is 1. The number of likely N-dealkylation sites (N-methyl/N-ethyl adjacent to an activating group) is 1. The summed E-state index contributed by atoms with van der Waals surface area (Å²) >= 11 is 1.75. The molecular weight excluding hydrogens is 244 g/mol. The van der Waals surface area contributed by atoms with Crippen molar-refractivity contribution in [3.05, 3.63) is 16.1 Å². The van der Waals surface area contributed by atoms with Gasteiger partial charge in [-0.25, -0.2) is 4.98 Å². The predicted octanol–water partition coefficient (Wildman–Crippen LogP) is 3.03. The molecule has 104 valence electrons. The molecule has 1 rings (SSSR count). The Balaban J connectivity index is 2.17. The summed E-state index contributed by atoms with van der Waals surface area (Å²) in [4.78, 5) is 4.50. The van der Waals surface area contributed by atoms with Crippen molar-refractivity contribution in [3.8, 4) is 0 Å². The van der Waals surface area contributed by atoms with E-state index in [9.17, 15) is 0 Å². The van der Waals surface area contributed by atoms with Crippen molar-refractivity contribution in [1.82, 2.24) is 10.3 Å². The molecule has 0 aliphatic carbocycles. The Hall–Kier alpha value is -0.450. The zero-order valence-electron chi connectivity index (χ0n) is 12.0. The molecule has 0 saturated carbocycles. The topological polar surface area (TPSA) is 34.1 Å². The van der Waals surface area contributed by atoms with Gasteiger partial charge in [0.2, 0.25) is 0 Å². The SMILES string of the molecule is CNC(CCOCCC(C)C)Cc1nc(C)cs1. The summed E-state index contributed by atoms with van der Waals surface area (Å²) in [7, 11) is 2.01. The smallest absolute Gasteiger partial charge is 0.0943 e.